The Hall–Kier alpha value is -1.80. The van der Waals surface area contributed by atoms with E-state index >= 15 is 0 Å². The van der Waals surface area contributed by atoms with Crippen molar-refractivity contribution in [2.75, 3.05) is 13.1 Å². The number of unbranched alkanes of at least 4 members (excludes halogenated alkanes) is 2. The first-order valence-electron chi connectivity index (χ1n) is 6.65. The smallest absolute Gasteiger partial charge is 0.223 e. The van der Waals surface area contributed by atoms with E-state index in [2.05, 4.69) is 6.07 Å². The Morgan fingerprint density at radius 2 is 2.26 bits per heavy atom. The Morgan fingerprint density at radius 1 is 1.42 bits per heavy atom. The molecule has 0 radical (unpaired) electrons. The maximum absolute atomic E-state index is 12.1. The van der Waals surface area contributed by atoms with Gasteiger partial charge in [0, 0.05) is 13.0 Å². The van der Waals surface area contributed by atoms with Crippen LogP contribution in [0.4, 0.5) is 0 Å². The Labute approximate surface area is 114 Å². The molecule has 1 aromatic rings. The van der Waals surface area contributed by atoms with Gasteiger partial charge >= 0.3 is 0 Å². The lowest BCUT2D eigenvalue weighted by Gasteiger charge is -2.20. The predicted octanol–water partition coefficient (Wildman–Crippen LogP) is 2.04. The van der Waals surface area contributed by atoms with Crippen LogP contribution in [-0.2, 0) is 11.3 Å². The molecule has 5 nitrogen and oxygen atoms in total. The number of amides is 1. The molecule has 0 aromatic carbocycles. The van der Waals surface area contributed by atoms with Crippen molar-refractivity contribution < 1.29 is 9.21 Å². The Bertz CT molecular complexity index is 395. The zero-order chi connectivity index (χ0) is 13.9. The summed E-state index contributed by atoms with van der Waals surface area (Å²) in [6.07, 6.45) is 5.20. The molecule has 0 atom stereocenters. The molecule has 0 saturated heterocycles. The van der Waals surface area contributed by atoms with Gasteiger partial charge in [-0.3, -0.25) is 4.79 Å². The van der Waals surface area contributed by atoms with Crippen LogP contribution in [0, 0.1) is 11.3 Å². The summed E-state index contributed by atoms with van der Waals surface area (Å²) in [5.41, 5.74) is 5.42. The average Bonchev–Trinajstić information content (AvgIpc) is 2.92. The molecule has 0 spiro atoms. The number of hydrogen-bond donors (Lipinski definition) is 1. The third-order valence-electron chi connectivity index (χ3n) is 2.87. The quantitative estimate of drug-likeness (QED) is 0.691. The Balaban J connectivity index is 2.43. The molecule has 0 saturated carbocycles. The van der Waals surface area contributed by atoms with Crippen molar-refractivity contribution in [3.05, 3.63) is 24.2 Å². The van der Waals surface area contributed by atoms with E-state index in [9.17, 15) is 4.79 Å². The Kier molecular flexibility index (Phi) is 7.37. The second kappa shape index (κ2) is 9.17. The van der Waals surface area contributed by atoms with Gasteiger partial charge in [0.2, 0.25) is 5.91 Å². The topological polar surface area (TPSA) is 83.3 Å². The standard InChI is InChI=1S/C14H21N3O2/c15-8-3-1-2-7-14(18)17(10-5-9-16)12-13-6-4-11-19-13/h4,6,11H,1-3,5,7-8,10,12,15H2. The molecule has 0 aliphatic heterocycles. The van der Waals surface area contributed by atoms with Gasteiger partial charge in [0.15, 0.2) is 0 Å². The molecule has 1 amide bonds. The van der Waals surface area contributed by atoms with E-state index in [0.717, 1.165) is 25.0 Å². The largest absolute Gasteiger partial charge is 0.467 e. The summed E-state index contributed by atoms with van der Waals surface area (Å²) in [5, 5.41) is 8.64. The molecule has 0 fully saturated rings. The molecular formula is C14H21N3O2. The van der Waals surface area contributed by atoms with Crippen LogP contribution in [0.1, 0.15) is 37.9 Å². The highest BCUT2D eigenvalue weighted by molar-refractivity contribution is 5.76. The van der Waals surface area contributed by atoms with E-state index in [-0.39, 0.29) is 5.91 Å². The summed E-state index contributed by atoms with van der Waals surface area (Å²) in [6, 6.07) is 5.70. The second-order valence-corrected chi connectivity index (χ2v) is 4.40. The maximum Gasteiger partial charge on any atom is 0.223 e. The number of rotatable bonds is 9. The first kappa shape index (κ1) is 15.3. The lowest BCUT2D eigenvalue weighted by molar-refractivity contribution is -0.132. The first-order chi connectivity index (χ1) is 9.27. The second-order valence-electron chi connectivity index (χ2n) is 4.40. The highest BCUT2D eigenvalue weighted by atomic mass is 16.3. The molecule has 19 heavy (non-hydrogen) atoms. The van der Waals surface area contributed by atoms with Gasteiger partial charge < -0.3 is 15.1 Å². The predicted molar refractivity (Wildman–Crippen MR) is 71.9 cm³/mol. The highest BCUT2D eigenvalue weighted by Gasteiger charge is 2.14. The van der Waals surface area contributed by atoms with Crippen molar-refractivity contribution in [2.45, 2.75) is 38.6 Å². The van der Waals surface area contributed by atoms with E-state index in [1.54, 1.807) is 17.2 Å². The molecule has 0 bridgehead atoms. The van der Waals surface area contributed by atoms with Crippen LogP contribution < -0.4 is 5.73 Å². The van der Waals surface area contributed by atoms with Gasteiger partial charge in [-0.2, -0.15) is 5.26 Å². The number of hydrogen-bond acceptors (Lipinski definition) is 4. The molecule has 104 valence electrons. The SMILES string of the molecule is N#CCCN(Cc1ccco1)C(=O)CCCCCN. The number of nitrogens with zero attached hydrogens (tertiary/aromatic N) is 2. The molecule has 5 heteroatoms. The van der Waals surface area contributed by atoms with E-state index in [1.165, 1.54) is 0 Å². The van der Waals surface area contributed by atoms with Crippen molar-refractivity contribution in [3.63, 3.8) is 0 Å². The lowest BCUT2D eigenvalue weighted by Crippen LogP contribution is -2.31. The van der Waals surface area contributed by atoms with Gasteiger partial charge in [0.25, 0.3) is 0 Å². The summed E-state index contributed by atoms with van der Waals surface area (Å²) in [6.45, 7) is 1.55. The third-order valence-corrected chi connectivity index (χ3v) is 2.87. The number of nitriles is 1. The fourth-order valence-corrected chi connectivity index (χ4v) is 1.82. The van der Waals surface area contributed by atoms with Gasteiger partial charge in [0.05, 0.1) is 25.3 Å². The highest BCUT2D eigenvalue weighted by Crippen LogP contribution is 2.10. The van der Waals surface area contributed by atoms with Crippen molar-refractivity contribution in [1.29, 1.82) is 5.26 Å². The number of nitrogens with two attached hydrogens (primary N) is 1. The summed E-state index contributed by atoms with van der Waals surface area (Å²) < 4.78 is 5.24. The van der Waals surface area contributed by atoms with Gasteiger partial charge in [0.1, 0.15) is 5.76 Å². The van der Waals surface area contributed by atoms with E-state index < -0.39 is 0 Å². The number of carbonyl (C=O) groups excluding carboxylic acids is 1. The minimum absolute atomic E-state index is 0.0728. The van der Waals surface area contributed by atoms with Crippen LogP contribution in [0.25, 0.3) is 0 Å². The van der Waals surface area contributed by atoms with Crippen molar-refractivity contribution >= 4 is 5.91 Å². The summed E-state index contributed by atoms with van der Waals surface area (Å²) >= 11 is 0. The van der Waals surface area contributed by atoms with Gasteiger partial charge in [-0.05, 0) is 31.5 Å². The van der Waals surface area contributed by atoms with Crippen molar-refractivity contribution in [3.8, 4) is 6.07 Å². The molecule has 1 heterocycles. The van der Waals surface area contributed by atoms with Gasteiger partial charge in [-0.1, -0.05) is 6.42 Å². The fourth-order valence-electron chi connectivity index (χ4n) is 1.82. The van der Waals surface area contributed by atoms with Crippen LogP contribution in [0.15, 0.2) is 22.8 Å². The minimum Gasteiger partial charge on any atom is -0.467 e. The van der Waals surface area contributed by atoms with E-state index in [1.807, 2.05) is 6.07 Å². The monoisotopic (exact) mass is 263 g/mol. The van der Waals surface area contributed by atoms with Crippen LogP contribution >= 0.6 is 0 Å². The zero-order valence-corrected chi connectivity index (χ0v) is 11.2. The molecule has 2 N–H and O–H groups in total. The van der Waals surface area contributed by atoms with Crippen molar-refractivity contribution in [2.24, 2.45) is 5.73 Å². The van der Waals surface area contributed by atoms with Gasteiger partial charge in [-0.15, -0.1) is 0 Å². The molecule has 1 rings (SSSR count). The average molecular weight is 263 g/mol. The fraction of sp³-hybridized carbons (Fsp3) is 0.571. The zero-order valence-electron chi connectivity index (χ0n) is 11.2. The van der Waals surface area contributed by atoms with Crippen molar-refractivity contribution in [1.82, 2.24) is 4.90 Å². The van der Waals surface area contributed by atoms with Crippen LogP contribution in [0.2, 0.25) is 0 Å². The lowest BCUT2D eigenvalue weighted by atomic mass is 10.1. The van der Waals surface area contributed by atoms with Crippen LogP contribution in [0.3, 0.4) is 0 Å². The summed E-state index contributed by atoms with van der Waals surface area (Å²) in [7, 11) is 0. The summed E-state index contributed by atoms with van der Waals surface area (Å²) in [5.74, 6) is 0.817. The summed E-state index contributed by atoms with van der Waals surface area (Å²) in [4.78, 5) is 13.8. The number of carbonyl (C=O) groups is 1. The molecule has 0 unspecified atom stereocenters. The molecule has 0 aliphatic carbocycles. The normalized spacial score (nSPS) is 10.1. The first-order valence-corrected chi connectivity index (χ1v) is 6.65. The van der Waals surface area contributed by atoms with Crippen LogP contribution in [0.5, 0.6) is 0 Å². The van der Waals surface area contributed by atoms with E-state index in [0.29, 0.717) is 32.5 Å². The molecule has 0 aliphatic rings. The van der Waals surface area contributed by atoms with Crippen LogP contribution in [-0.4, -0.2) is 23.9 Å². The molecule has 1 aromatic heterocycles. The van der Waals surface area contributed by atoms with Gasteiger partial charge in [-0.25, -0.2) is 0 Å². The molecular weight excluding hydrogens is 242 g/mol. The number of furan rings is 1. The Morgan fingerprint density at radius 3 is 2.89 bits per heavy atom. The third kappa shape index (κ3) is 6.07. The van der Waals surface area contributed by atoms with E-state index in [4.69, 9.17) is 15.4 Å². The minimum atomic E-state index is 0.0728. The maximum atomic E-state index is 12.1.